The molecule has 0 spiro atoms. The second kappa shape index (κ2) is 5.63. The number of benzene rings is 1. The minimum absolute atomic E-state index is 0.0266. The first-order valence-electron chi connectivity index (χ1n) is 5.82. The van der Waals surface area contributed by atoms with E-state index in [2.05, 4.69) is 21.0 Å². The van der Waals surface area contributed by atoms with Crippen molar-refractivity contribution >= 4 is 15.9 Å². The molecule has 0 amide bonds. The molecule has 0 saturated heterocycles. The van der Waals surface area contributed by atoms with Gasteiger partial charge in [-0.15, -0.1) is 0 Å². The summed E-state index contributed by atoms with van der Waals surface area (Å²) in [6, 6.07) is 4.98. The number of hydrogen-bond donors (Lipinski definition) is 1. The fourth-order valence-electron chi connectivity index (χ4n) is 1.72. The van der Waals surface area contributed by atoms with Gasteiger partial charge < -0.3 is 5.73 Å². The molecule has 2 aromatic rings. The zero-order valence-corrected chi connectivity index (χ0v) is 11.7. The van der Waals surface area contributed by atoms with Crippen LogP contribution in [0, 0.1) is 5.82 Å². The van der Waals surface area contributed by atoms with Crippen molar-refractivity contribution < 1.29 is 4.39 Å². The summed E-state index contributed by atoms with van der Waals surface area (Å²) in [5.74, 6) is -0.257. The molecule has 3 nitrogen and oxygen atoms in total. The third-order valence-corrected chi connectivity index (χ3v) is 3.46. The Kier molecular flexibility index (Phi) is 4.14. The summed E-state index contributed by atoms with van der Waals surface area (Å²) in [6.45, 7) is 2.65. The molecule has 1 aromatic carbocycles. The molecule has 0 aliphatic rings. The van der Waals surface area contributed by atoms with Gasteiger partial charge in [-0.25, -0.2) is 4.39 Å². The van der Waals surface area contributed by atoms with Crippen molar-refractivity contribution in [2.45, 2.75) is 25.9 Å². The highest BCUT2D eigenvalue weighted by molar-refractivity contribution is 9.10. The van der Waals surface area contributed by atoms with Crippen molar-refractivity contribution in [3.8, 4) is 0 Å². The van der Waals surface area contributed by atoms with Crippen LogP contribution in [0.3, 0.4) is 0 Å². The second-order valence-corrected chi connectivity index (χ2v) is 5.09. The van der Waals surface area contributed by atoms with E-state index in [4.69, 9.17) is 5.73 Å². The summed E-state index contributed by atoms with van der Waals surface area (Å²) < 4.78 is 15.4. The van der Waals surface area contributed by atoms with E-state index in [1.807, 2.05) is 17.8 Å². The van der Waals surface area contributed by atoms with Gasteiger partial charge in [-0.1, -0.05) is 13.0 Å². The number of aromatic nitrogens is 2. The van der Waals surface area contributed by atoms with E-state index >= 15 is 0 Å². The Morgan fingerprint density at radius 1 is 1.50 bits per heavy atom. The molecule has 0 radical (unpaired) electrons. The molecular weight excluding hydrogens is 297 g/mol. The predicted octanol–water partition coefficient (Wildman–Crippen LogP) is 3.24. The van der Waals surface area contributed by atoms with E-state index < -0.39 is 0 Å². The Labute approximate surface area is 114 Å². The van der Waals surface area contributed by atoms with Gasteiger partial charge in [0.05, 0.1) is 17.2 Å². The van der Waals surface area contributed by atoms with Crippen molar-refractivity contribution in [1.29, 1.82) is 0 Å². The van der Waals surface area contributed by atoms with Crippen LogP contribution in [0.2, 0.25) is 0 Å². The van der Waals surface area contributed by atoms with Crippen molar-refractivity contribution in [3.05, 3.63) is 52.0 Å². The van der Waals surface area contributed by atoms with Crippen LogP contribution in [0.15, 0.2) is 35.1 Å². The maximum absolute atomic E-state index is 13.1. The molecule has 1 unspecified atom stereocenters. The molecule has 0 fully saturated rings. The first kappa shape index (κ1) is 13.2. The van der Waals surface area contributed by atoms with Crippen LogP contribution < -0.4 is 5.73 Å². The quantitative estimate of drug-likeness (QED) is 0.942. The smallest absolute Gasteiger partial charge is 0.137 e. The zero-order chi connectivity index (χ0) is 13.1. The SMILES string of the molecule is CCC(N)c1cnn(Cc2ccc(F)c(Br)c2)c1. The molecule has 96 valence electrons. The van der Waals surface area contributed by atoms with E-state index in [0.717, 1.165) is 17.5 Å². The lowest BCUT2D eigenvalue weighted by molar-refractivity contribution is 0.617. The Bertz CT molecular complexity index is 539. The molecule has 0 aliphatic carbocycles. The monoisotopic (exact) mass is 311 g/mol. The molecule has 18 heavy (non-hydrogen) atoms. The van der Waals surface area contributed by atoms with Crippen LogP contribution in [-0.4, -0.2) is 9.78 Å². The normalized spacial score (nSPS) is 12.7. The Hall–Kier alpha value is -1.20. The third kappa shape index (κ3) is 2.97. The minimum atomic E-state index is -0.257. The van der Waals surface area contributed by atoms with Gasteiger partial charge in [0.25, 0.3) is 0 Å². The highest BCUT2D eigenvalue weighted by atomic mass is 79.9. The van der Waals surface area contributed by atoms with Gasteiger partial charge >= 0.3 is 0 Å². The van der Waals surface area contributed by atoms with Crippen molar-refractivity contribution in [1.82, 2.24) is 9.78 Å². The summed E-state index contributed by atoms with van der Waals surface area (Å²) >= 11 is 3.17. The highest BCUT2D eigenvalue weighted by Crippen LogP contribution is 2.18. The zero-order valence-electron chi connectivity index (χ0n) is 10.1. The van der Waals surface area contributed by atoms with Crippen LogP contribution in [0.1, 0.15) is 30.5 Å². The van der Waals surface area contributed by atoms with E-state index in [0.29, 0.717) is 11.0 Å². The molecule has 0 bridgehead atoms. The largest absolute Gasteiger partial charge is 0.324 e. The second-order valence-electron chi connectivity index (χ2n) is 4.23. The average molecular weight is 312 g/mol. The molecule has 5 heteroatoms. The molecule has 1 heterocycles. The maximum atomic E-state index is 13.1. The fraction of sp³-hybridized carbons (Fsp3) is 0.308. The molecule has 1 atom stereocenters. The van der Waals surface area contributed by atoms with Crippen LogP contribution in [0.5, 0.6) is 0 Å². The van der Waals surface area contributed by atoms with Crippen LogP contribution in [0.4, 0.5) is 4.39 Å². The first-order valence-corrected chi connectivity index (χ1v) is 6.61. The van der Waals surface area contributed by atoms with Crippen molar-refractivity contribution in [3.63, 3.8) is 0 Å². The molecule has 0 saturated carbocycles. The Morgan fingerprint density at radius 2 is 2.28 bits per heavy atom. The predicted molar refractivity (Wildman–Crippen MR) is 72.6 cm³/mol. The van der Waals surface area contributed by atoms with E-state index in [1.165, 1.54) is 6.07 Å². The van der Waals surface area contributed by atoms with Crippen LogP contribution in [0.25, 0.3) is 0 Å². The van der Waals surface area contributed by atoms with Crippen molar-refractivity contribution in [2.75, 3.05) is 0 Å². The summed E-state index contributed by atoms with van der Waals surface area (Å²) in [5, 5.41) is 4.26. The fourth-order valence-corrected chi connectivity index (χ4v) is 2.14. The summed E-state index contributed by atoms with van der Waals surface area (Å²) in [5.41, 5.74) is 7.95. The lowest BCUT2D eigenvalue weighted by Crippen LogP contribution is -2.07. The molecular formula is C13H15BrFN3. The van der Waals surface area contributed by atoms with Gasteiger partial charge in [0.2, 0.25) is 0 Å². The lowest BCUT2D eigenvalue weighted by Gasteiger charge is -2.05. The first-order chi connectivity index (χ1) is 8.60. The van der Waals surface area contributed by atoms with E-state index in [-0.39, 0.29) is 11.9 Å². The number of hydrogen-bond acceptors (Lipinski definition) is 2. The average Bonchev–Trinajstić information content (AvgIpc) is 2.81. The third-order valence-electron chi connectivity index (χ3n) is 2.85. The van der Waals surface area contributed by atoms with Gasteiger partial charge in [-0.2, -0.15) is 5.10 Å². The van der Waals surface area contributed by atoms with Crippen LogP contribution >= 0.6 is 15.9 Å². The number of rotatable bonds is 4. The highest BCUT2D eigenvalue weighted by Gasteiger charge is 2.07. The summed E-state index contributed by atoms with van der Waals surface area (Å²) in [6.07, 6.45) is 4.60. The van der Waals surface area contributed by atoms with Gasteiger partial charge in [-0.3, -0.25) is 4.68 Å². The number of nitrogens with zero attached hydrogens (tertiary/aromatic N) is 2. The topological polar surface area (TPSA) is 43.8 Å². The van der Waals surface area contributed by atoms with Gasteiger partial charge in [0.15, 0.2) is 0 Å². The lowest BCUT2D eigenvalue weighted by atomic mass is 10.1. The molecule has 2 rings (SSSR count). The standard InChI is InChI=1S/C13H15BrFN3/c1-2-13(16)10-6-17-18(8-10)7-9-3-4-12(15)11(14)5-9/h3-6,8,13H,2,7,16H2,1H3. The molecule has 2 N–H and O–H groups in total. The van der Waals surface area contributed by atoms with E-state index in [9.17, 15) is 4.39 Å². The summed E-state index contributed by atoms with van der Waals surface area (Å²) in [7, 11) is 0. The van der Waals surface area contributed by atoms with Crippen LogP contribution in [-0.2, 0) is 6.54 Å². The molecule has 1 aromatic heterocycles. The Morgan fingerprint density at radius 3 is 2.94 bits per heavy atom. The Balaban J connectivity index is 2.13. The number of halogens is 2. The van der Waals surface area contributed by atoms with Gasteiger partial charge in [0.1, 0.15) is 5.82 Å². The van der Waals surface area contributed by atoms with Crippen molar-refractivity contribution in [2.24, 2.45) is 5.73 Å². The number of nitrogens with two attached hydrogens (primary N) is 1. The van der Waals surface area contributed by atoms with Gasteiger partial charge in [-0.05, 0) is 40.0 Å². The summed E-state index contributed by atoms with van der Waals surface area (Å²) in [4.78, 5) is 0. The van der Waals surface area contributed by atoms with Gasteiger partial charge in [0, 0.05) is 17.8 Å². The maximum Gasteiger partial charge on any atom is 0.137 e. The minimum Gasteiger partial charge on any atom is -0.324 e. The molecule has 0 aliphatic heterocycles. The van der Waals surface area contributed by atoms with E-state index in [1.54, 1.807) is 18.3 Å².